The second-order valence-electron chi connectivity index (χ2n) is 8.75. The van der Waals surface area contributed by atoms with Gasteiger partial charge in [0.25, 0.3) is 5.91 Å². The Balaban J connectivity index is 1.57. The summed E-state index contributed by atoms with van der Waals surface area (Å²) in [5, 5.41) is 5.74. The van der Waals surface area contributed by atoms with Crippen LogP contribution in [0.1, 0.15) is 54.9 Å². The van der Waals surface area contributed by atoms with Crippen LogP contribution in [0.4, 0.5) is 5.69 Å². The van der Waals surface area contributed by atoms with Gasteiger partial charge in [-0.15, -0.1) is 0 Å². The van der Waals surface area contributed by atoms with Crippen molar-refractivity contribution in [1.29, 1.82) is 0 Å². The zero-order valence-corrected chi connectivity index (χ0v) is 20.6. The van der Waals surface area contributed by atoms with Crippen LogP contribution in [0.3, 0.4) is 0 Å². The number of amides is 2. The summed E-state index contributed by atoms with van der Waals surface area (Å²) in [5.74, 6) is -0.862. The third kappa shape index (κ3) is 7.40. The highest BCUT2D eigenvalue weighted by molar-refractivity contribution is 7.89. The van der Waals surface area contributed by atoms with Gasteiger partial charge in [-0.1, -0.05) is 55.8 Å². The first-order chi connectivity index (χ1) is 16.4. The number of para-hydroxylation sites is 1. The van der Waals surface area contributed by atoms with Gasteiger partial charge in [0, 0.05) is 19.6 Å². The van der Waals surface area contributed by atoms with Crippen LogP contribution in [0.5, 0.6) is 0 Å². The molecule has 0 aromatic heterocycles. The Morgan fingerprint density at radius 3 is 2.53 bits per heavy atom. The molecule has 8 heteroatoms. The van der Waals surface area contributed by atoms with E-state index >= 15 is 0 Å². The molecule has 2 aromatic carbocycles. The summed E-state index contributed by atoms with van der Waals surface area (Å²) in [4.78, 5) is 25.5. The van der Waals surface area contributed by atoms with Gasteiger partial charge in [0.05, 0.1) is 22.9 Å². The van der Waals surface area contributed by atoms with Crippen LogP contribution in [0.2, 0.25) is 0 Å². The third-order valence-corrected chi connectivity index (χ3v) is 8.03. The minimum atomic E-state index is -3.44. The Morgan fingerprint density at radius 1 is 1.03 bits per heavy atom. The van der Waals surface area contributed by atoms with Gasteiger partial charge in [0.2, 0.25) is 15.9 Å². The molecule has 0 radical (unpaired) electrons. The van der Waals surface area contributed by atoms with Crippen molar-refractivity contribution in [1.82, 2.24) is 9.62 Å². The van der Waals surface area contributed by atoms with Crippen molar-refractivity contribution < 1.29 is 18.0 Å². The van der Waals surface area contributed by atoms with Crippen molar-refractivity contribution in [2.45, 2.75) is 45.4 Å². The lowest BCUT2D eigenvalue weighted by atomic mass is 9.98. The molecule has 1 heterocycles. The molecule has 0 aliphatic carbocycles. The second kappa shape index (κ2) is 12.7. The fourth-order valence-electron chi connectivity index (χ4n) is 4.14. The molecule has 2 N–H and O–H groups in total. The fourth-order valence-corrected chi connectivity index (χ4v) is 5.72. The molecule has 2 amide bonds. The largest absolute Gasteiger partial charge is 0.352 e. The quantitative estimate of drug-likeness (QED) is 0.473. The fraction of sp³-hybridized carbons (Fsp3) is 0.462. The minimum absolute atomic E-state index is 0.0665. The maximum Gasteiger partial charge on any atom is 0.253 e. The van der Waals surface area contributed by atoms with E-state index in [1.165, 1.54) is 4.31 Å². The molecule has 1 saturated heterocycles. The molecule has 2 aromatic rings. The number of nitrogens with one attached hydrogen (secondary N) is 2. The molecule has 3 rings (SSSR count). The second-order valence-corrected chi connectivity index (χ2v) is 10.8. The summed E-state index contributed by atoms with van der Waals surface area (Å²) in [5.41, 5.74) is 1.98. The lowest BCUT2D eigenvalue weighted by molar-refractivity contribution is -0.120. The highest BCUT2D eigenvalue weighted by Crippen LogP contribution is 2.23. The SMILES string of the molecule is CCCCNC(=O)c1ccccc1NC(=O)[C@H]1CCCN(S(=O)(=O)CCCc2ccccc2)C1. The molecule has 0 saturated carbocycles. The average Bonchev–Trinajstić information content (AvgIpc) is 2.85. The van der Waals surface area contributed by atoms with E-state index < -0.39 is 15.9 Å². The number of anilines is 1. The Labute approximate surface area is 203 Å². The summed E-state index contributed by atoms with van der Waals surface area (Å²) < 4.78 is 27.3. The van der Waals surface area contributed by atoms with Crippen LogP contribution in [0.15, 0.2) is 54.6 Å². The highest BCUT2D eigenvalue weighted by atomic mass is 32.2. The number of carbonyl (C=O) groups is 2. The molecule has 1 atom stereocenters. The van der Waals surface area contributed by atoms with Crippen molar-refractivity contribution >= 4 is 27.5 Å². The van der Waals surface area contributed by atoms with Gasteiger partial charge in [0.1, 0.15) is 0 Å². The van der Waals surface area contributed by atoms with Gasteiger partial charge in [-0.05, 0) is 49.8 Å². The first-order valence-corrected chi connectivity index (χ1v) is 13.7. The number of rotatable bonds is 11. The lowest BCUT2D eigenvalue weighted by Crippen LogP contribution is -2.44. The zero-order valence-electron chi connectivity index (χ0n) is 19.8. The van der Waals surface area contributed by atoms with Crippen molar-refractivity contribution in [3.63, 3.8) is 0 Å². The zero-order chi connectivity index (χ0) is 24.4. The van der Waals surface area contributed by atoms with Crippen LogP contribution >= 0.6 is 0 Å². The molecule has 0 unspecified atom stereocenters. The topological polar surface area (TPSA) is 95.6 Å². The van der Waals surface area contributed by atoms with E-state index in [1.54, 1.807) is 24.3 Å². The van der Waals surface area contributed by atoms with E-state index in [2.05, 4.69) is 17.6 Å². The Hall–Kier alpha value is -2.71. The maximum atomic E-state index is 13.0. The van der Waals surface area contributed by atoms with E-state index in [-0.39, 0.29) is 24.1 Å². The number of piperidine rings is 1. The molecular weight excluding hydrogens is 450 g/mol. The number of aryl methyl sites for hydroxylation is 1. The van der Waals surface area contributed by atoms with Crippen LogP contribution in [0.25, 0.3) is 0 Å². The lowest BCUT2D eigenvalue weighted by Gasteiger charge is -2.31. The normalized spacial score (nSPS) is 16.7. The van der Waals surface area contributed by atoms with E-state index in [4.69, 9.17) is 0 Å². The Morgan fingerprint density at radius 2 is 1.76 bits per heavy atom. The molecule has 1 fully saturated rings. The van der Waals surface area contributed by atoms with E-state index in [0.717, 1.165) is 18.4 Å². The summed E-state index contributed by atoms with van der Waals surface area (Å²) >= 11 is 0. The molecule has 34 heavy (non-hydrogen) atoms. The molecule has 184 valence electrons. The summed E-state index contributed by atoms with van der Waals surface area (Å²) in [7, 11) is -3.44. The van der Waals surface area contributed by atoms with Crippen molar-refractivity contribution in [2.75, 3.05) is 30.7 Å². The number of carbonyl (C=O) groups excluding carboxylic acids is 2. The smallest absolute Gasteiger partial charge is 0.253 e. The number of benzene rings is 2. The van der Waals surface area contributed by atoms with E-state index in [0.29, 0.717) is 50.0 Å². The number of sulfonamides is 1. The predicted molar refractivity (Wildman–Crippen MR) is 135 cm³/mol. The monoisotopic (exact) mass is 485 g/mol. The van der Waals surface area contributed by atoms with Crippen LogP contribution < -0.4 is 10.6 Å². The number of hydrogen-bond donors (Lipinski definition) is 2. The first-order valence-electron chi connectivity index (χ1n) is 12.1. The predicted octanol–water partition coefficient (Wildman–Crippen LogP) is 3.83. The van der Waals surface area contributed by atoms with Crippen LogP contribution in [-0.4, -0.2) is 49.9 Å². The van der Waals surface area contributed by atoms with Gasteiger partial charge in [0.15, 0.2) is 0 Å². The van der Waals surface area contributed by atoms with E-state index in [9.17, 15) is 18.0 Å². The first kappa shape index (κ1) is 25.9. The molecule has 1 aliphatic rings. The maximum absolute atomic E-state index is 13.0. The number of nitrogens with zero attached hydrogens (tertiary/aromatic N) is 1. The van der Waals surface area contributed by atoms with Crippen molar-refractivity contribution in [3.05, 3.63) is 65.7 Å². The minimum Gasteiger partial charge on any atom is -0.352 e. The Kier molecular flexibility index (Phi) is 9.65. The number of hydrogen-bond acceptors (Lipinski definition) is 4. The summed E-state index contributed by atoms with van der Waals surface area (Å²) in [6.07, 6.45) is 4.36. The van der Waals surface area contributed by atoms with Crippen molar-refractivity contribution in [2.24, 2.45) is 5.92 Å². The standard InChI is InChI=1S/C26H35N3O4S/c1-2-3-17-27-26(31)23-15-7-8-16-24(23)28-25(30)22-14-9-18-29(20-22)34(32,33)19-10-13-21-11-5-4-6-12-21/h4-8,11-12,15-16,22H,2-3,9-10,13-14,17-20H2,1H3,(H,27,31)(H,28,30)/t22-/m0/s1. The van der Waals surface area contributed by atoms with Gasteiger partial charge in [-0.3, -0.25) is 9.59 Å². The Bertz CT molecular complexity index is 1060. The van der Waals surface area contributed by atoms with Gasteiger partial charge < -0.3 is 10.6 Å². The molecule has 7 nitrogen and oxygen atoms in total. The van der Waals surface area contributed by atoms with E-state index in [1.807, 2.05) is 30.3 Å². The van der Waals surface area contributed by atoms with Gasteiger partial charge >= 0.3 is 0 Å². The van der Waals surface area contributed by atoms with Crippen molar-refractivity contribution in [3.8, 4) is 0 Å². The highest BCUT2D eigenvalue weighted by Gasteiger charge is 2.32. The molecule has 0 spiro atoms. The number of unbranched alkanes of at least 4 members (excludes halogenated alkanes) is 1. The summed E-state index contributed by atoms with van der Waals surface area (Å²) in [6, 6.07) is 16.7. The van der Waals surface area contributed by atoms with Crippen LogP contribution in [-0.2, 0) is 21.2 Å². The average molecular weight is 486 g/mol. The molecule has 0 bridgehead atoms. The van der Waals surface area contributed by atoms with Gasteiger partial charge in [-0.2, -0.15) is 0 Å². The molecular formula is C26H35N3O4S. The molecule has 1 aliphatic heterocycles. The third-order valence-electron chi connectivity index (χ3n) is 6.10. The van der Waals surface area contributed by atoms with Gasteiger partial charge in [-0.25, -0.2) is 12.7 Å². The van der Waals surface area contributed by atoms with Crippen LogP contribution in [0, 0.1) is 5.92 Å². The summed E-state index contributed by atoms with van der Waals surface area (Å²) in [6.45, 7) is 3.24.